The number of halogens is 1. The molecule has 0 spiro atoms. The highest BCUT2D eigenvalue weighted by Gasteiger charge is 2.30. The molecule has 2 atom stereocenters. The number of carbonyl (C=O) groups is 1. The Balaban J connectivity index is 1.70. The van der Waals surface area contributed by atoms with Gasteiger partial charge in [0, 0.05) is 18.9 Å². The second-order valence-corrected chi connectivity index (χ2v) is 5.80. The van der Waals surface area contributed by atoms with Gasteiger partial charge in [0.15, 0.2) is 0 Å². The van der Waals surface area contributed by atoms with E-state index in [9.17, 15) is 14.3 Å². The number of pyridine rings is 1. The summed E-state index contributed by atoms with van der Waals surface area (Å²) in [6.45, 7) is 0.682. The van der Waals surface area contributed by atoms with Crippen LogP contribution in [0, 0.1) is 5.82 Å². The van der Waals surface area contributed by atoms with E-state index in [4.69, 9.17) is 0 Å². The number of amides is 1. The molecule has 1 saturated heterocycles. The van der Waals surface area contributed by atoms with Crippen LogP contribution in [0.4, 0.5) is 4.39 Å². The zero-order valence-electron chi connectivity index (χ0n) is 12.7. The topological polar surface area (TPSA) is 53.4 Å². The van der Waals surface area contributed by atoms with Crippen molar-refractivity contribution in [3.8, 4) is 0 Å². The summed E-state index contributed by atoms with van der Waals surface area (Å²) >= 11 is 0. The van der Waals surface area contributed by atoms with Gasteiger partial charge >= 0.3 is 0 Å². The van der Waals surface area contributed by atoms with Crippen molar-refractivity contribution < 1.29 is 14.3 Å². The lowest BCUT2D eigenvalue weighted by Crippen LogP contribution is -2.31. The largest absolute Gasteiger partial charge is 0.388 e. The van der Waals surface area contributed by atoms with Crippen LogP contribution in [0.1, 0.15) is 42.5 Å². The molecular weight excluding hydrogens is 295 g/mol. The number of aromatic nitrogens is 1. The Kier molecular flexibility index (Phi) is 4.67. The molecule has 1 amide bonds. The number of nitrogens with zero attached hydrogens (tertiary/aromatic N) is 2. The van der Waals surface area contributed by atoms with Crippen LogP contribution in [0.3, 0.4) is 0 Å². The molecule has 5 heteroatoms. The lowest BCUT2D eigenvalue weighted by Gasteiger charge is -2.26. The molecule has 2 aromatic rings. The van der Waals surface area contributed by atoms with Gasteiger partial charge in [-0.15, -0.1) is 0 Å². The van der Waals surface area contributed by atoms with Crippen molar-refractivity contribution in [3.63, 3.8) is 0 Å². The number of likely N-dealkylation sites (tertiary alicyclic amines) is 1. The summed E-state index contributed by atoms with van der Waals surface area (Å²) in [5.74, 6) is -0.522. The molecule has 0 saturated carbocycles. The fourth-order valence-electron chi connectivity index (χ4n) is 3.11. The highest BCUT2D eigenvalue weighted by molar-refractivity contribution is 5.77. The fourth-order valence-corrected chi connectivity index (χ4v) is 3.11. The Morgan fingerprint density at radius 2 is 2.13 bits per heavy atom. The summed E-state index contributed by atoms with van der Waals surface area (Å²) < 4.78 is 13.2. The van der Waals surface area contributed by atoms with Crippen molar-refractivity contribution in [1.82, 2.24) is 9.88 Å². The highest BCUT2D eigenvalue weighted by atomic mass is 19.1. The predicted octanol–water partition coefficient (Wildman–Crippen LogP) is 3.01. The summed E-state index contributed by atoms with van der Waals surface area (Å²) in [5.41, 5.74) is 1.49. The van der Waals surface area contributed by atoms with Crippen LogP contribution in [-0.4, -0.2) is 27.4 Å². The molecule has 0 bridgehead atoms. The van der Waals surface area contributed by atoms with Crippen molar-refractivity contribution in [2.45, 2.75) is 31.4 Å². The molecule has 1 aliphatic rings. The number of aliphatic hydroxyl groups excluding tert-OH is 1. The molecule has 1 aliphatic heterocycles. The SMILES string of the molecule is O=C(CC(O)c1cccc(F)c1)N1CCCC1c1ccncc1. The van der Waals surface area contributed by atoms with Gasteiger partial charge in [0.1, 0.15) is 5.82 Å². The van der Waals surface area contributed by atoms with Crippen LogP contribution in [0.2, 0.25) is 0 Å². The van der Waals surface area contributed by atoms with E-state index in [0.717, 1.165) is 18.4 Å². The van der Waals surface area contributed by atoms with Crippen molar-refractivity contribution in [1.29, 1.82) is 0 Å². The Hall–Kier alpha value is -2.27. The van der Waals surface area contributed by atoms with E-state index < -0.39 is 11.9 Å². The van der Waals surface area contributed by atoms with Crippen LogP contribution in [-0.2, 0) is 4.79 Å². The summed E-state index contributed by atoms with van der Waals surface area (Å²) in [6.07, 6.45) is 4.26. The maximum absolute atomic E-state index is 13.2. The number of hydrogen-bond acceptors (Lipinski definition) is 3. The Morgan fingerprint density at radius 3 is 2.87 bits per heavy atom. The zero-order chi connectivity index (χ0) is 16.2. The van der Waals surface area contributed by atoms with Crippen molar-refractivity contribution >= 4 is 5.91 Å². The minimum absolute atomic E-state index is 0.0326. The summed E-state index contributed by atoms with van der Waals surface area (Å²) in [4.78, 5) is 18.4. The van der Waals surface area contributed by atoms with E-state index in [1.165, 1.54) is 18.2 Å². The van der Waals surface area contributed by atoms with Gasteiger partial charge in [-0.1, -0.05) is 12.1 Å². The Labute approximate surface area is 134 Å². The average Bonchev–Trinajstić information content (AvgIpc) is 3.05. The van der Waals surface area contributed by atoms with Gasteiger partial charge in [-0.2, -0.15) is 0 Å². The summed E-state index contributed by atoms with van der Waals surface area (Å²) in [6, 6.07) is 9.61. The van der Waals surface area contributed by atoms with E-state index in [1.807, 2.05) is 12.1 Å². The van der Waals surface area contributed by atoms with Crippen molar-refractivity contribution in [2.24, 2.45) is 0 Å². The molecule has 3 rings (SSSR count). The molecule has 0 radical (unpaired) electrons. The van der Waals surface area contributed by atoms with E-state index in [1.54, 1.807) is 23.4 Å². The molecule has 1 aromatic carbocycles. The number of benzene rings is 1. The van der Waals surface area contributed by atoms with Crippen LogP contribution in [0.25, 0.3) is 0 Å². The van der Waals surface area contributed by atoms with E-state index >= 15 is 0 Å². The summed E-state index contributed by atoms with van der Waals surface area (Å²) in [5, 5.41) is 10.2. The van der Waals surface area contributed by atoms with Crippen molar-refractivity contribution in [3.05, 3.63) is 65.7 Å². The van der Waals surface area contributed by atoms with Gasteiger partial charge in [-0.05, 0) is 48.2 Å². The van der Waals surface area contributed by atoms with Gasteiger partial charge in [0.2, 0.25) is 5.91 Å². The molecular formula is C18H19FN2O2. The molecule has 0 aliphatic carbocycles. The first-order valence-corrected chi connectivity index (χ1v) is 7.78. The maximum Gasteiger partial charge on any atom is 0.226 e. The average molecular weight is 314 g/mol. The second kappa shape index (κ2) is 6.87. The second-order valence-electron chi connectivity index (χ2n) is 5.80. The van der Waals surface area contributed by atoms with Gasteiger partial charge in [0.25, 0.3) is 0 Å². The normalized spacial score (nSPS) is 18.9. The monoisotopic (exact) mass is 314 g/mol. The van der Waals surface area contributed by atoms with E-state index in [-0.39, 0.29) is 18.4 Å². The third kappa shape index (κ3) is 3.56. The van der Waals surface area contributed by atoms with E-state index in [2.05, 4.69) is 4.98 Å². The molecule has 1 N–H and O–H groups in total. The molecule has 120 valence electrons. The molecule has 2 unspecified atom stereocenters. The standard InChI is InChI=1S/C18H19FN2O2/c19-15-4-1-3-14(11-15)17(22)12-18(23)21-10-2-5-16(21)13-6-8-20-9-7-13/h1,3-4,6-9,11,16-17,22H,2,5,10,12H2. The first-order valence-electron chi connectivity index (χ1n) is 7.78. The molecule has 1 fully saturated rings. The lowest BCUT2D eigenvalue weighted by molar-refractivity contribution is -0.134. The number of carbonyl (C=O) groups excluding carboxylic acids is 1. The third-order valence-electron chi connectivity index (χ3n) is 4.27. The minimum Gasteiger partial charge on any atom is -0.388 e. The van der Waals surface area contributed by atoms with Gasteiger partial charge in [0.05, 0.1) is 18.6 Å². The van der Waals surface area contributed by atoms with Crippen LogP contribution in [0.5, 0.6) is 0 Å². The van der Waals surface area contributed by atoms with Crippen molar-refractivity contribution in [2.75, 3.05) is 6.54 Å². The van der Waals surface area contributed by atoms with Gasteiger partial charge in [-0.3, -0.25) is 9.78 Å². The van der Waals surface area contributed by atoms with Crippen LogP contribution >= 0.6 is 0 Å². The number of aliphatic hydroxyl groups is 1. The lowest BCUT2D eigenvalue weighted by atomic mass is 10.0. The van der Waals surface area contributed by atoms with Gasteiger partial charge < -0.3 is 10.0 Å². The highest BCUT2D eigenvalue weighted by Crippen LogP contribution is 2.33. The van der Waals surface area contributed by atoms with Crippen LogP contribution < -0.4 is 0 Å². The number of hydrogen-bond donors (Lipinski definition) is 1. The first-order chi connectivity index (χ1) is 11.1. The quantitative estimate of drug-likeness (QED) is 0.944. The van der Waals surface area contributed by atoms with E-state index in [0.29, 0.717) is 12.1 Å². The zero-order valence-corrected chi connectivity index (χ0v) is 12.7. The van der Waals surface area contributed by atoms with Gasteiger partial charge in [-0.25, -0.2) is 4.39 Å². The smallest absolute Gasteiger partial charge is 0.226 e. The predicted molar refractivity (Wildman–Crippen MR) is 83.9 cm³/mol. The molecule has 4 nitrogen and oxygen atoms in total. The molecule has 1 aromatic heterocycles. The summed E-state index contributed by atoms with van der Waals surface area (Å²) in [7, 11) is 0. The molecule has 2 heterocycles. The number of rotatable bonds is 4. The first kappa shape index (κ1) is 15.6. The van der Waals surface area contributed by atoms with Crippen LogP contribution in [0.15, 0.2) is 48.8 Å². The fraction of sp³-hybridized carbons (Fsp3) is 0.333. The minimum atomic E-state index is -0.989. The Morgan fingerprint density at radius 1 is 1.35 bits per heavy atom. The maximum atomic E-state index is 13.2. The Bertz CT molecular complexity index is 678. The third-order valence-corrected chi connectivity index (χ3v) is 4.27. The molecule has 23 heavy (non-hydrogen) atoms.